The number of methoxy groups -OCH3 is 1. The van der Waals surface area contributed by atoms with Crippen molar-refractivity contribution in [2.24, 2.45) is 0 Å². The summed E-state index contributed by atoms with van der Waals surface area (Å²) in [7, 11) is 1.46. The topological polar surface area (TPSA) is 103 Å². The predicted octanol–water partition coefficient (Wildman–Crippen LogP) is 2.49. The Morgan fingerprint density at radius 1 is 1.13 bits per heavy atom. The number of nitrogens with one attached hydrogen (secondary N) is 1. The first-order valence-corrected chi connectivity index (χ1v) is 9.13. The second-order valence-electron chi connectivity index (χ2n) is 6.34. The summed E-state index contributed by atoms with van der Waals surface area (Å²) in [4.78, 5) is 38.8. The first kappa shape index (κ1) is 19.3. The molecule has 0 aliphatic carbocycles. The average molecular weight is 410 g/mol. The largest absolute Gasteiger partial charge is 0.496 e. The third-order valence-electron chi connectivity index (χ3n) is 4.51. The zero-order chi connectivity index (χ0) is 21.3. The Morgan fingerprint density at radius 2 is 1.90 bits per heavy atom. The number of urea groups is 1. The Labute approximate surface area is 171 Å². The Balaban J connectivity index is 1.74. The monoisotopic (exact) mass is 410 g/mol. The molecule has 0 bridgehead atoms. The summed E-state index contributed by atoms with van der Waals surface area (Å²) in [5.74, 6) is 0.269. The van der Waals surface area contributed by atoms with Crippen molar-refractivity contribution >= 4 is 29.6 Å². The van der Waals surface area contributed by atoms with E-state index in [1.54, 1.807) is 36.4 Å². The molecule has 0 aromatic heterocycles. The van der Waals surface area contributed by atoms with Crippen molar-refractivity contribution in [1.29, 1.82) is 0 Å². The Kier molecular flexibility index (Phi) is 5.01. The summed E-state index contributed by atoms with van der Waals surface area (Å²) in [6.45, 7) is 2.32. The summed E-state index contributed by atoms with van der Waals surface area (Å²) in [6, 6.07) is 8.86. The molecule has 0 saturated carbocycles. The van der Waals surface area contributed by atoms with E-state index in [-0.39, 0.29) is 18.1 Å². The minimum absolute atomic E-state index is 0.0659. The van der Waals surface area contributed by atoms with Crippen LogP contribution in [0.5, 0.6) is 23.0 Å². The smallest absolute Gasteiger partial charge is 0.335 e. The molecule has 2 aliphatic rings. The number of hydrogen-bond donors (Lipinski definition) is 1. The molecule has 2 aromatic rings. The molecule has 4 rings (SSSR count). The number of imide groups is 2. The standard InChI is InChI=1S/C21H18N2O7/c1-3-28-14-6-4-5-13(9-14)23-20(25)15(19(24)22-21(23)26)7-12-8-17-18(30-11-29-17)10-16(12)27-2/h4-10H,3,11H2,1-2H3,(H,22,24,26)/b15-7-. The molecule has 4 amide bonds. The van der Waals surface area contributed by atoms with Crippen molar-refractivity contribution < 1.29 is 33.3 Å². The normalized spacial score (nSPS) is 16.7. The summed E-state index contributed by atoms with van der Waals surface area (Å²) in [6.07, 6.45) is 1.35. The van der Waals surface area contributed by atoms with Gasteiger partial charge in [0.25, 0.3) is 11.8 Å². The molecule has 0 unspecified atom stereocenters. The number of nitrogens with zero attached hydrogens (tertiary/aromatic N) is 1. The molecule has 9 heteroatoms. The van der Waals surface area contributed by atoms with Gasteiger partial charge in [-0.2, -0.15) is 0 Å². The molecule has 0 atom stereocenters. The van der Waals surface area contributed by atoms with Crippen LogP contribution in [0, 0.1) is 0 Å². The summed E-state index contributed by atoms with van der Waals surface area (Å²) < 4.78 is 21.4. The van der Waals surface area contributed by atoms with E-state index in [2.05, 4.69) is 5.32 Å². The van der Waals surface area contributed by atoms with Gasteiger partial charge in [0.1, 0.15) is 17.1 Å². The minimum atomic E-state index is -0.839. The van der Waals surface area contributed by atoms with E-state index in [0.717, 1.165) is 4.90 Å². The number of anilines is 1. The van der Waals surface area contributed by atoms with Gasteiger partial charge in [-0.25, -0.2) is 9.69 Å². The number of carbonyl (C=O) groups is 3. The molecule has 9 nitrogen and oxygen atoms in total. The van der Waals surface area contributed by atoms with Gasteiger partial charge in [-0.05, 0) is 31.2 Å². The van der Waals surface area contributed by atoms with Crippen molar-refractivity contribution in [3.05, 3.63) is 47.5 Å². The van der Waals surface area contributed by atoms with Crippen LogP contribution in [0.2, 0.25) is 0 Å². The molecule has 2 aromatic carbocycles. The van der Waals surface area contributed by atoms with E-state index in [0.29, 0.717) is 35.2 Å². The molecule has 0 spiro atoms. The molecule has 1 N–H and O–H groups in total. The second kappa shape index (κ2) is 7.78. The van der Waals surface area contributed by atoms with Crippen LogP contribution in [-0.2, 0) is 9.59 Å². The highest BCUT2D eigenvalue weighted by Crippen LogP contribution is 2.39. The lowest BCUT2D eigenvalue weighted by Gasteiger charge is -2.26. The van der Waals surface area contributed by atoms with E-state index < -0.39 is 17.8 Å². The lowest BCUT2D eigenvalue weighted by molar-refractivity contribution is -0.122. The zero-order valence-electron chi connectivity index (χ0n) is 16.3. The number of carbonyl (C=O) groups excluding carboxylic acids is 3. The van der Waals surface area contributed by atoms with Crippen molar-refractivity contribution in [3.63, 3.8) is 0 Å². The van der Waals surface area contributed by atoms with Crippen molar-refractivity contribution in [1.82, 2.24) is 5.32 Å². The van der Waals surface area contributed by atoms with Gasteiger partial charge in [-0.15, -0.1) is 0 Å². The van der Waals surface area contributed by atoms with Crippen LogP contribution in [0.25, 0.3) is 6.08 Å². The van der Waals surface area contributed by atoms with Gasteiger partial charge in [0.2, 0.25) is 6.79 Å². The molecule has 2 aliphatic heterocycles. The Bertz CT molecular complexity index is 1080. The maximum Gasteiger partial charge on any atom is 0.335 e. The lowest BCUT2D eigenvalue weighted by Crippen LogP contribution is -2.54. The number of benzene rings is 2. The maximum atomic E-state index is 13.1. The van der Waals surface area contributed by atoms with E-state index in [9.17, 15) is 14.4 Å². The molecule has 30 heavy (non-hydrogen) atoms. The van der Waals surface area contributed by atoms with Gasteiger partial charge in [0, 0.05) is 17.7 Å². The quantitative estimate of drug-likeness (QED) is 0.597. The molecule has 1 saturated heterocycles. The highest BCUT2D eigenvalue weighted by molar-refractivity contribution is 6.39. The SMILES string of the molecule is CCOc1cccc(N2C(=O)NC(=O)/C(=C/c3cc4c(cc3OC)OCO4)C2=O)c1. The number of ether oxygens (including phenoxy) is 4. The predicted molar refractivity (Wildman–Crippen MR) is 106 cm³/mol. The van der Waals surface area contributed by atoms with E-state index >= 15 is 0 Å². The van der Waals surface area contributed by atoms with Crippen LogP contribution in [0.3, 0.4) is 0 Å². The first-order chi connectivity index (χ1) is 14.5. The fourth-order valence-corrected chi connectivity index (χ4v) is 3.16. The van der Waals surface area contributed by atoms with Gasteiger partial charge in [0.15, 0.2) is 11.5 Å². The van der Waals surface area contributed by atoms with Gasteiger partial charge < -0.3 is 18.9 Å². The average Bonchev–Trinajstić information content (AvgIpc) is 3.18. The molecular formula is C21H18N2O7. The van der Waals surface area contributed by atoms with Crippen molar-refractivity contribution in [2.45, 2.75) is 6.92 Å². The maximum absolute atomic E-state index is 13.1. The number of hydrogen-bond acceptors (Lipinski definition) is 7. The number of fused-ring (bicyclic) bond motifs is 1. The molecule has 2 heterocycles. The van der Waals surface area contributed by atoms with Crippen LogP contribution in [0.4, 0.5) is 10.5 Å². The summed E-state index contributed by atoms with van der Waals surface area (Å²) in [5, 5.41) is 2.19. The van der Waals surface area contributed by atoms with Gasteiger partial charge in [-0.3, -0.25) is 14.9 Å². The van der Waals surface area contributed by atoms with Gasteiger partial charge in [-0.1, -0.05) is 6.07 Å². The lowest BCUT2D eigenvalue weighted by atomic mass is 10.1. The Morgan fingerprint density at radius 3 is 2.63 bits per heavy atom. The summed E-state index contributed by atoms with van der Waals surface area (Å²) >= 11 is 0. The third-order valence-corrected chi connectivity index (χ3v) is 4.51. The second-order valence-corrected chi connectivity index (χ2v) is 6.34. The zero-order valence-corrected chi connectivity index (χ0v) is 16.3. The van der Waals surface area contributed by atoms with E-state index in [1.165, 1.54) is 13.2 Å². The van der Waals surface area contributed by atoms with Crippen LogP contribution < -0.4 is 29.2 Å². The first-order valence-electron chi connectivity index (χ1n) is 9.13. The fourth-order valence-electron chi connectivity index (χ4n) is 3.16. The molecular weight excluding hydrogens is 392 g/mol. The summed E-state index contributed by atoms with van der Waals surface area (Å²) in [5.41, 5.74) is 0.477. The fraction of sp³-hybridized carbons (Fsp3) is 0.190. The minimum Gasteiger partial charge on any atom is -0.496 e. The number of amides is 4. The van der Waals surface area contributed by atoms with Crippen molar-refractivity contribution in [2.75, 3.05) is 25.4 Å². The molecule has 1 fully saturated rings. The van der Waals surface area contributed by atoms with E-state index in [4.69, 9.17) is 18.9 Å². The van der Waals surface area contributed by atoms with Crippen molar-refractivity contribution in [3.8, 4) is 23.0 Å². The Hall–Kier alpha value is -4.01. The third kappa shape index (κ3) is 3.41. The number of rotatable bonds is 5. The van der Waals surface area contributed by atoms with Crippen LogP contribution in [0.1, 0.15) is 12.5 Å². The molecule has 154 valence electrons. The van der Waals surface area contributed by atoms with Crippen LogP contribution in [0.15, 0.2) is 42.0 Å². The highest BCUT2D eigenvalue weighted by Gasteiger charge is 2.37. The van der Waals surface area contributed by atoms with Crippen LogP contribution >= 0.6 is 0 Å². The van der Waals surface area contributed by atoms with Crippen LogP contribution in [-0.4, -0.2) is 38.4 Å². The van der Waals surface area contributed by atoms with Gasteiger partial charge in [0.05, 0.1) is 19.4 Å². The van der Waals surface area contributed by atoms with E-state index in [1.807, 2.05) is 6.92 Å². The number of barbiturate groups is 1. The molecule has 0 radical (unpaired) electrons. The van der Waals surface area contributed by atoms with Gasteiger partial charge >= 0.3 is 6.03 Å². The highest BCUT2D eigenvalue weighted by atomic mass is 16.7.